The Morgan fingerprint density at radius 3 is 2.27 bits per heavy atom. The Morgan fingerprint density at radius 2 is 1.57 bits per heavy atom. The van der Waals surface area contributed by atoms with Gasteiger partial charge in [0.2, 0.25) is 0 Å². The summed E-state index contributed by atoms with van der Waals surface area (Å²) in [5.74, 6) is 0.442. The molecule has 0 saturated carbocycles. The van der Waals surface area contributed by atoms with Gasteiger partial charge in [0, 0.05) is 31.6 Å². The number of benzene rings is 3. The molecule has 0 atom stereocenters. The summed E-state index contributed by atoms with van der Waals surface area (Å²) in [6.07, 6.45) is 2.48. The Morgan fingerprint density at radius 1 is 0.900 bits per heavy atom. The van der Waals surface area contributed by atoms with Gasteiger partial charge in [-0.15, -0.1) is 11.3 Å². The lowest BCUT2D eigenvalue weighted by Crippen LogP contribution is -2.33. The van der Waals surface area contributed by atoms with E-state index < -0.39 is 0 Å². The minimum atomic E-state index is -0.248. The third-order valence-electron chi connectivity index (χ3n) is 6.95. The highest BCUT2D eigenvalue weighted by atomic mass is 32.1. The zero-order chi connectivity index (χ0) is 27.6. The second-order valence-corrected chi connectivity index (χ2v) is 11.1. The Labute approximate surface area is 239 Å². The maximum atomic E-state index is 13.5. The summed E-state index contributed by atoms with van der Waals surface area (Å²) in [7, 11) is 0. The lowest BCUT2D eigenvalue weighted by Gasteiger charge is -2.22. The van der Waals surface area contributed by atoms with Crippen LogP contribution in [-0.4, -0.2) is 46.9 Å². The number of carbonyl (C=O) groups is 1. The summed E-state index contributed by atoms with van der Waals surface area (Å²) in [6, 6.07) is 24.8. The second-order valence-electron chi connectivity index (χ2n) is 10.1. The summed E-state index contributed by atoms with van der Waals surface area (Å²) in [5.41, 5.74) is 3.73. The first-order valence-corrected chi connectivity index (χ1v) is 14.7. The third kappa shape index (κ3) is 8.45. The number of likely N-dealkylation sites (tertiary alicyclic amines) is 1. The number of nitrogens with zero attached hydrogens (tertiary/aromatic N) is 3. The smallest absolute Gasteiger partial charge is 0.270 e. The van der Waals surface area contributed by atoms with E-state index in [2.05, 4.69) is 32.2 Å². The molecule has 1 aromatic heterocycles. The topological polar surface area (TPSA) is 57.7 Å². The van der Waals surface area contributed by atoms with E-state index in [1.165, 1.54) is 36.3 Å². The third-order valence-corrected chi connectivity index (χ3v) is 7.79. The van der Waals surface area contributed by atoms with Crippen LogP contribution in [0.15, 0.2) is 84.2 Å². The summed E-state index contributed by atoms with van der Waals surface area (Å²) in [4.78, 5) is 21.9. The quantitative estimate of drug-likeness (QED) is 0.222. The highest BCUT2D eigenvalue weighted by Gasteiger charge is 2.16. The highest BCUT2D eigenvalue weighted by Crippen LogP contribution is 2.20. The molecule has 0 bridgehead atoms. The number of thiazole rings is 1. The van der Waals surface area contributed by atoms with Crippen molar-refractivity contribution in [1.82, 2.24) is 20.1 Å². The van der Waals surface area contributed by atoms with Gasteiger partial charge < -0.3 is 15.0 Å². The van der Waals surface area contributed by atoms with Crippen molar-refractivity contribution in [3.05, 3.63) is 117 Å². The maximum absolute atomic E-state index is 13.5. The van der Waals surface area contributed by atoms with Crippen molar-refractivity contribution in [3.8, 4) is 5.75 Å². The van der Waals surface area contributed by atoms with Crippen molar-refractivity contribution in [1.29, 1.82) is 0 Å². The van der Waals surface area contributed by atoms with Gasteiger partial charge >= 0.3 is 0 Å². The average molecular weight is 559 g/mol. The van der Waals surface area contributed by atoms with Gasteiger partial charge in [0.15, 0.2) is 0 Å². The van der Waals surface area contributed by atoms with Crippen LogP contribution >= 0.6 is 11.3 Å². The predicted octanol–water partition coefficient (Wildman–Crippen LogP) is 5.89. The molecule has 1 fully saturated rings. The zero-order valence-corrected chi connectivity index (χ0v) is 23.4. The molecule has 0 spiro atoms. The Kier molecular flexibility index (Phi) is 9.90. The van der Waals surface area contributed by atoms with Crippen LogP contribution in [0.5, 0.6) is 5.75 Å². The van der Waals surface area contributed by atoms with Gasteiger partial charge in [-0.05, 0) is 66.9 Å². The number of nitrogens with one attached hydrogen (secondary N) is 1. The van der Waals surface area contributed by atoms with Gasteiger partial charge in [-0.25, -0.2) is 9.37 Å². The molecular weight excluding hydrogens is 523 g/mol. The van der Waals surface area contributed by atoms with Crippen molar-refractivity contribution < 1.29 is 13.9 Å². The molecule has 1 aliphatic rings. The van der Waals surface area contributed by atoms with Crippen molar-refractivity contribution in [2.45, 2.75) is 39.1 Å². The number of carbonyl (C=O) groups excluding carboxylic acids is 1. The fraction of sp³-hybridized carbons (Fsp3) is 0.312. The van der Waals surface area contributed by atoms with E-state index in [-0.39, 0.29) is 11.7 Å². The van der Waals surface area contributed by atoms with Crippen molar-refractivity contribution in [2.24, 2.45) is 0 Å². The van der Waals surface area contributed by atoms with Crippen molar-refractivity contribution >= 4 is 17.2 Å². The zero-order valence-electron chi connectivity index (χ0n) is 22.6. The van der Waals surface area contributed by atoms with Crippen LogP contribution in [0.4, 0.5) is 4.39 Å². The Balaban J connectivity index is 1.20. The molecule has 6 nitrogen and oxygen atoms in total. The van der Waals surface area contributed by atoms with Crippen LogP contribution in [0, 0.1) is 5.82 Å². The van der Waals surface area contributed by atoms with Crippen LogP contribution in [0.1, 0.15) is 45.0 Å². The molecule has 1 aliphatic heterocycles. The Hall–Kier alpha value is -3.59. The number of hydrogen-bond acceptors (Lipinski definition) is 6. The van der Waals surface area contributed by atoms with Crippen LogP contribution in [0.25, 0.3) is 0 Å². The molecular formula is C32H35FN4O2S. The second kappa shape index (κ2) is 14.2. The van der Waals surface area contributed by atoms with Crippen LogP contribution in [-0.2, 0) is 26.2 Å². The van der Waals surface area contributed by atoms with E-state index in [1.807, 2.05) is 60.0 Å². The molecule has 0 unspecified atom stereocenters. The normalized spacial score (nSPS) is 13.6. The first-order chi connectivity index (χ1) is 19.6. The summed E-state index contributed by atoms with van der Waals surface area (Å²) in [5, 5.41) is 5.70. The van der Waals surface area contributed by atoms with Crippen LogP contribution in [0.3, 0.4) is 0 Å². The first-order valence-electron chi connectivity index (χ1n) is 13.8. The van der Waals surface area contributed by atoms with E-state index in [0.717, 1.165) is 47.1 Å². The monoisotopic (exact) mass is 558 g/mol. The Bertz CT molecular complexity index is 1340. The molecule has 208 valence electrons. The van der Waals surface area contributed by atoms with E-state index >= 15 is 0 Å². The van der Waals surface area contributed by atoms with Gasteiger partial charge in [0.1, 0.15) is 28.9 Å². The standard InChI is InChI=1S/C32H35FN4O2S/c33-28-12-8-25(9-13-28)20-37(21-26-10-14-29(15-11-26)39-23-27-6-2-1-3-7-27)22-31-35-30(24-40-31)32(38)34-16-19-36-17-4-5-18-36/h1-3,6-15,24H,4-5,16-23H2,(H,34,38). The number of hydrogen-bond donors (Lipinski definition) is 1. The van der Waals surface area contributed by atoms with E-state index in [1.54, 1.807) is 0 Å². The van der Waals surface area contributed by atoms with Crippen LogP contribution in [0.2, 0.25) is 0 Å². The molecule has 5 rings (SSSR count). The molecule has 2 heterocycles. The van der Waals surface area contributed by atoms with Gasteiger partial charge in [0.25, 0.3) is 5.91 Å². The average Bonchev–Trinajstić information content (AvgIpc) is 3.67. The lowest BCUT2D eigenvalue weighted by molar-refractivity contribution is 0.0945. The minimum Gasteiger partial charge on any atom is -0.489 e. The fourth-order valence-electron chi connectivity index (χ4n) is 4.81. The van der Waals surface area contributed by atoms with E-state index in [9.17, 15) is 9.18 Å². The number of ether oxygens (including phenoxy) is 1. The molecule has 1 saturated heterocycles. The SMILES string of the molecule is O=C(NCCN1CCCC1)c1csc(CN(Cc2ccc(F)cc2)Cc2ccc(OCc3ccccc3)cc2)n1. The lowest BCUT2D eigenvalue weighted by atomic mass is 10.1. The molecule has 4 aromatic rings. The number of aromatic nitrogens is 1. The van der Waals surface area contributed by atoms with Gasteiger partial charge in [-0.2, -0.15) is 0 Å². The molecule has 0 aliphatic carbocycles. The minimum absolute atomic E-state index is 0.127. The maximum Gasteiger partial charge on any atom is 0.270 e. The molecule has 0 radical (unpaired) electrons. The molecule has 3 aromatic carbocycles. The number of rotatable bonds is 13. The first kappa shape index (κ1) is 28.0. The largest absolute Gasteiger partial charge is 0.489 e. The summed E-state index contributed by atoms with van der Waals surface area (Å²) in [6.45, 7) is 6.15. The van der Waals surface area contributed by atoms with Crippen LogP contribution < -0.4 is 10.1 Å². The molecule has 40 heavy (non-hydrogen) atoms. The summed E-state index contributed by atoms with van der Waals surface area (Å²) < 4.78 is 19.4. The van der Waals surface area contributed by atoms with Gasteiger partial charge in [0.05, 0.1) is 6.54 Å². The van der Waals surface area contributed by atoms with E-state index in [4.69, 9.17) is 4.74 Å². The predicted molar refractivity (Wildman–Crippen MR) is 157 cm³/mol. The fourth-order valence-corrected chi connectivity index (χ4v) is 5.62. The van der Waals surface area contributed by atoms with Crippen molar-refractivity contribution in [3.63, 3.8) is 0 Å². The molecule has 1 N–H and O–H groups in total. The van der Waals surface area contributed by atoms with E-state index in [0.29, 0.717) is 38.5 Å². The molecule has 1 amide bonds. The molecule has 8 heteroatoms. The van der Waals surface area contributed by atoms with Crippen molar-refractivity contribution in [2.75, 3.05) is 26.2 Å². The highest BCUT2D eigenvalue weighted by molar-refractivity contribution is 7.09. The summed E-state index contributed by atoms with van der Waals surface area (Å²) >= 11 is 1.49. The van der Waals surface area contributed by atoms with Gasteiger partial charge in [-0.1, -0.05) is 54.6 Å². The van der Waals surface area contributed by atoms with Gasteiger partial charge in [-0.3, -0.25) is 9.69 Å². The number of amides is 1. The number of halogens is 1.